The van der Waals surface area contributed by atoms with Gasteiger partial charge in [-0.1, -0.05) is 6.07 Å². The third kappa shape index (κ3) is 2.90. The van der Waals surface area contributed by atoms with Gasteiger partial charge in [0.15, 0.2) is 0 Å². The highest BCUT2D eigenvalue weighted by molar-refractivity contribution is 14.1. The minimum Gasteiger partial charge on any atom is -0.320 e. The molecule has 0 heterocycles. The van der Waals surface area contributed by atoms with Gasteiger partial charge in [-0.2, -0.15) is 22.0 Å². The van der Waals surface area contributed by atoms with Crippen LogP contribution in [0.15, 0.2) is 18.2 Å². The van der Waals surface area contributed by atoms with Crippen molar-refractivity contribution in [3.8, 4) is 0 Å². The second-order valence-corrected chi connectivity index (χ2v) is 4.60. The largest absolute Gasteiger partial charge is 0.463 e. The summed E-state index contributed by atoms with van der Waals surface area (Å²) in [5.74, 6) is -7.80. The van der Waals surface area contributed by atoms with Gasteiger partial charge in [0.1, 0.15) is 0 Å². The van der Waals surface area contributed by atoms with E-state index < -0.39 is 18.0 Å². The molecule has 1 amide bonds. The van der Waals surface area contributed by atoms with Gasteiger partial charge < -0.3 is 5.32 Å². The fourth-order valence-electron chi connectivity index (χ4n) is 1.07. The Hall–Kier alpha value is -0.930. The van der Waals surface area contributed by atoms with Crippen LogP contribution < -0.4 is 5.32 Å². The Balaban J connectivity index is 2.99. The fourth-order valence-corrected chi connectivity index (χ4v) is 1.57. The summed E-state index contributed by atoms with van der Waals surface area (Å²) in [6.07, 6.45) is -5.91. The molecule has 18 heavy (non-hydrogen) atoms. The van der Waals surface area contributed by atoms with E-state index in [0.29, 0.717) is 9.13 Å². The number of carbonyl (C=O) groups is 1. The molecule has 0 aliphatic heterocycles. The molecule has 2 nitrogen and oxygen atoms in total. The number of amides is 1. The van der Waals surface area contributed by atoms with Gasteiger partial charge in [-0.05, 0) is 47.2 Å². The molecule has 0 saturated carbocycles. The van der Waals surface area contributed by atoms with Gasteiger partial charge in [-0.25, -0.2) is 0 Å². The zero-order chi connectivity index (χ0) is 14.1. The molecule has 0 spiro atoms. The Labute approximate surface area is 113 Å². The smallest absolute Gasteiger partial charge is 0.320 e. The molecule has 0 saturated heterocycles. The molecule has 1 aromatic carbocycles. The van der Waals surface area contributed by atoms with E-state index in [4.69, 9.17) is 0 Å². The Morgan fingerprint density at radius 3 is 2.28 bits per heavy atom. The van der Waals surface area contributed by atoms with E-state index in [2.05, 4.69) is 0 Å². The maximum atomic E-state index is 12.7. The second kappa shape index (κ2) is 4.98. The molecule has 0 aromatic heterocycles. The van der Waals surface area contributed by atoms with Crippen LogP contribution in [0.25, 0.3) is 0 Å². The van der Waals surface area contributed by atoms with Gasteiger partial charge in [0, 0.05) is 9.26 Å². The number of hydrogen-bond acceptors (Lipinski definition) is 1. The Bertz CT molecular complexity index is 472. The van der Waals surface area contributed by atoms with Crippen LogP contribution in [-0.2, 0) is 4.79 Å². The van der Waals surface area contributed by atoms with Crippen molar-refractivity contribution in [2.75, 3.05) is 5.32 Å². The average molecular weight is 379 g/mol. The first kappa shape index (κ1) is 15.1. The van der Waals surface area contributed by atoms with Gasteiger partial charge in [-0.3, -0.25) is 4.79 Å². The van der Waals surface area contributed by atoms with Crippen molar-refractivity contribution in [2.45, 2.75) is 19.0 Å². The minimum absolute atomic E-state index is 0.0733. The molecule has 1 N–H and O–H groups in total. The summed E-state index contributed by atoms with van der Waals surface area (Å²) in [7, 11) is 0. The van der Waals surface area contributed by atoms with Crippen molar-refractivity contribution in [3.05, 3.63) is 27.3 Å². The Morgan fingerprint density at radius 1 is 1.22 bits per heavy atom. The lowest BCUT2D eigenvalue weighted by Gasteiger charge is -2.19. The first-order chi connectivity index (χ1) is 8.07. The first-order valence-corrected chi connectivity index (χ1v) is 5.66. The molecule has 1 aromatic rings. The zero-order valence-corrected chi connectivity index (χ0v) is 11.1. The predicted octanol–water partition coefficient (Wildman–Crippen LogP) is 3.74. The third-order valence-corrected chi connectivity index (χ3v) is 3.33. The lowest BCUT2D eigenvalue weighted by molar-refractivity contribution is -0.267. The highest BCUT2D eigenvalue weighted by atomic mass is 127. The molecule has 100 valence electrons. The molecule has 0 atom stereocenters. The number of hydrogen-bond donors (Lipinski definition) is 1. The summed E-state index contributed by atoms with van der Waals surface area (Å²) in [5.41, 5.74) is 0.347. The molecule has 0 fully saturated rings. The van der Waals surface area contributed by atoms with E-state index in [1.807, 2.05) is 22.6 Å². The summed E-state index contributed by atoms with van der Waals surface area (Å²) in [4.78, 5) is 11.0. The van der Waals surface area contributed by atoms with E-state index in [1.165, 1.54) is 19.1 Å². The molecule has 0 aliphatic rings. The van der Waals surface area contributed by atoms with E-state index in [1.54, 1.807) is 11.4 Å². The topological polar surface area (TPSA) is 29.1 Å². The summed E-state index contributed by atoms with van der Waals surface area (Å²) >= 11 is 1.87. The zero-order valence-electron chi connectivity index (χ0n) is 8.91. The van der Waals surface area contributed by atoms with E-state index in [0.717, 1.165) is 0 Å². The van der Waals surface area contributed by atoms with Crippen LogP contribution in [0.3, 0.4) is 0 Å². The van der Waals surface area contributed by atoms with Crippen molar-refractivity contribution in [3.63, 3.8) is 0 Å². The third-order valence-electron chi connectivity index (χ3n) is 2.16. The molecular weight excluding hydrogens is 372 g/mol. The number of carbonyl (C=O) groups excluding carboxylic acids is 1. The van der Waals surface area contributed by atoms with E-state index in [-0.39, 0.29) is 5.69 Å². The maximum Gasteiger partial charge on any atom is 0.463 e. The van der Waals surface area contributed by atoms with E-state index >= 15 is 0 Å². The van der Waals surface area contributed by atoms with Crippen LogP contribution in [0.1, 0.15) is 5.56 Å². The summed E-state index contributed by atoms with van der Waals surface area (Å²) in [5, 5.41) is 1.58. The minimum atomic E-state index is -5.91. The van der Waals surface area contributed by atoms with Crippen LogP contribution in [0.5, 0.6) is 0 Å². The lowest BCUT2D eigenvalue weighted by Crippen LogP contribution is -2.47. The van der Waals surface area contributed by atoms with Crippen LogP contribution in [0.4, 0.5) is 27.6 Å². The number of halogens is 6. The molecule has 0 unspecified atom stereocenters. The highest BCUT2D eigenvalue weighted by Gasteiger charge is 2.63. The van der Waals surface area contributed by atoms with Crippen LogP contribution >= 0.6 is 22.6 Å². The molecule has 8 heteroatoms. The van der Waals surface area contributed by atoms with Crippen molar-refractivity contribution in [2.24, 2.45) is 0 Å². The number of alkyl halides is 5. The van der Waals surface area contributed by atoms with Crippen LogP contribution in [-0.4, -0.2) is 18.0 Å². The Morgan fingerprint density at radius 2 is 1.78 bits per heavy atom. The quantitative estimate of drug-likeness (QED) is 0.616. The monoisotopic (exact) mass is 379 g/mol. The summed E-state index contributed by atoms with van der Waals surface area (Å²) < 4.78 is 61.9. The van der Waals surface area contributed by atoms with Crippen LogP contribution in [0, 0.1) is 10.5 Å². The first-order valence-electron chi connectivity index (χ1n) is 4.58. The molecule has 0 bridgehead atoms. The molecular formula is C10H7F5INO. The second-order valence-electron chi connectivity index (χ2n) is 3.44. The molecule has 1 rings (SSSR count). The van der Waals surface area contributed by atoms with Gasteiger partial charge in [0.2, 0.25) is 0 Å². The van der Waals surface area contributed by atoms with Gasteiger partial charge in [0.05, 0.1) is 0 Å². The molecule has 0 aliphatic carbocycles. The lowest BCUT2D eigenvalue weighted by atomic mass is 10.2. The normalized spacial score (nSPS) is 12.4. The van der Waals surface area contributed by atoms with Crippen molar-refractivity contribution >= 4 is 34.2 Å². The number of anilines is 1. The maximum absolute atomic E-state index is 12.7. The average Bonchev–Trinajstić information content (AvgIpc) is 2.23. The number of benzene rings is 1. The predicted molar refractivity (Wildman–Crippen MR) is 63.5 cm³/mol. The molecule has 0 radical (unpaired) electrons. The van der Waals surface area contributed by atoms with Crippen molar-refractivity contribution < 1.29 is 26.7 Å². The highest BCUT2D eigenvalue weighted by Crippen LogP contribution is 2.36. The fraction of sp³-hybridized carbons (Fsp3) is 0.300. The van der Waals surface area contributed by atoms with Gasteiger partial charge in [0.25, 0.3) is 0 Å². The Kier molecular flexibility index (Phi) is 4.19. The van der Waals surface area contributed by atoms with Crippen molar-refractivity contribution in [1.82, 2.24) is 0 Å². The summed E-state index contributed by atoms with van der Waals surface area (Å²) in [6, 6.07) is 4.32. The van der Waals surface area contributed by atoms with Crippen molar-refractivity contribution in [1.29, 1.82) is 0 Å². The van der Waals surface area contributed by atoms with E-state index in [9.17, 15) is 26.7 Å². The standard InChI is InChI=1S/C10H7F5INO/c1-5-6(16)3-2-4-7(5)17-8(18)9(11,12)10(13,14)15/h2-4H,1H3,(H,17,18). The van der Waals surface area contributed by atoms with Crippen LogP contribution in [0.2, 0.25) is 0 Å². The van der Waals surface area contributed by atoms with Gasteiger partial charge in [-0.15, -0.1) is 0 Å². The number of nitrogens with one attached hydrogen (secondary N) is 1. The number of rotatable bonds is 2. The SMILES string of the molecule is Cc1c(I)cccc1NC(=O)C(F)(F)C(F)(F)F. The summed E-state index contributed by atoms with van der Waals surface area (Å²) in [6.45, 7) is 1.50. The van der Waals surface area contributed by atoms with Gasteiger partial charge >= 0.3 is 18.0 Å².